The van der Waals surface area contributed by atoms with Gasteiger partial charge in [0.15, 0.2) is 0 Å². The molecule has 0 radical (unpaired) electrons. The van der Waals surface area contributed by atoms with Crippen LogP contribution in [0, 0.1) is 0 Å². The Hall–Kier alpha value is -4.14. The van der Waals surface area contributed by atoms with Gasteiger partial charge in [-0.1, -0.05) is 48.5 Å². The first kappa shape index (κ1) is 23.0. The summed E-state index contributed by atoms with van der Waals surface area (Å²) in [6, 6.07) is 14.5. The highest BCUT2D eigenvalue weighted by molar-refractivity contribution is 5.86. The third kappa shape index (κ3) is 5.09. The number of carbonyl (C=O) groups excluding carboxylic acids is 2. The lowest BCUT2D eigenvalue weighted by Gasteiger charge is -2.21. The quantitative estimate of drug-likeness (QED) is 0.385. The maximum absolute atomic E-state index is 12.8. The average Bonchev–Trinajstić information content (AvgIpc) is 3.47. The van der Waals surface area contributed by atoms with E-state index in [0.717, 1.165) is 27.8 Å². The number of carboxylic acid groups (broad SMARTS) is 1. The Labute approximate surface area is 196 Å². The SMILES string of the molecule is CC(NC(=O)C(CCC(=O)O)NC(=O)OCC1c2ccccc2-c2ccccc21)c1cn[nH]c1. The molecule has 9 heteroatoms. The smallest absolute Gasteiger partial charge is 0.407 e. The summed E-state index contributed by atoms with van der Waals surface area (Å²) in [5.41, 5.74) is 5.13. The van der Waals surface area contributed by atoms with E-state index < -0.39 is 24.0 Å². The molecule has 1 heterocycles. The van der Waals surface area contributed by atoms with Gasteiger partial charge in [0.05, 0.1) is 12.2 Å². The normalized spacial score (nSPS) is 13.9. The van der Waals surface area contributed by atoms with Gasteiger partial charge >= 0.3 is 12.1 Å². The lowest BCUT2D eigenvalue weighted by atomic mass is 9.98. The van der Waals surface area contributed by atoms with E-state index in [0.29, 0.717) is 0 Å². The van der Waals surface area contributed by atoms with Crippen molar-refractivity contribution < 1.29 is 24.2 Å². The summed E-state index contributed by atoms with van der Waals surface area (Å²) in [6.45, 7) is 1.86. The number of H-pyrrole nitrogens is 1. The molecule has 2 aromatic carbocycles. The van der Waals surface area contributed by atoms with E-state index in [1.165, 1.54) is 0 Å². The minimum atomic E-state index is -1.06. The molecule has 4 rings (SSSR count). The number of carboxylic acids is 1. The third-order valence-corrected chi connectivity index (χ3v) is 5.98. The molecule has 0 spiro atoms. The van der Waals surface area contributed by atoms with Crippen LogP contribution in [-0.2, 0) is 14.3 Å². The average molecular weight is 463 g/mol. The molecule has 1 aliphatic carbocycles. The van der Waals surface area contributed by atoms with E-state index in [9.17, 15) is 14.4 Å². The molecular formula is C25H26N4O5. The van der Waals surface area contributed by atoms with Crippen LogP contribution >= 0.6 is 0 Å². The van der Waals surface area contributed by atoms with Gasteiger partial charge in [0.2, 0.25) is 5.91 Å². The number of nitrogens with one attached hydrogen (secondary N) is 3. The first-order chi connectivity index (χ1) is 16.4. The predicted octanol–water partition coefficient (Wildman–Crippen LogP) is 3.36. The molecule has 34 heavy (non-hydrogen) atoms. The number of alkyl carbamates (subject to hydrolysis) is 1. The second-order valence-corrected chi connectivity index (χ2v) is 8.22. The Bertz CT molecular complexity index is 1130. The second-order valence-electron chi connectivity index (χ2n) is 8.22. The van der Waals surface area contributed by atoms with Gasteiger partial charge in [0.25, 0.3) is 0 Å². The van der Waals surface area contributed by atoms with Crippen LogP contribution in [0.5, 0.6) is 0 Å². The molecule has 4 N–H and O–H groups in total. The van der Waals surface area contributed by atoms with Crippen LogP contribution in [0.3, 0.4) is 0 Å². The van der Waals surface area contributed by atoms with E-state index in [-0.39, 0.29) is 31.4 Å². The fourth-order valence-electron chi connectivity index (χ4n) is 4.21. The van der Waals surface area contributed by atoms with Crippen molar-refractivity contribution in [2.24, 2.45) is 0 Å². The van der Waals surface area contributed by atoms with Crippen molar-refractivity contribution >= 4 is 18.0 Å². The van der Waals surface area contributed by atoms with Crippen LogP contribution in [0.25, 0.3) is 11.1 Å². The van der Waals surface area contributed by atoms with Gasteiger partial charge in [-0.05, 0) is 35.6 Å². The maximum atomic E-state index is 12.8. The first-order valence-corrected chi connectivity index (χ1v) is 11.1. The van der Waals surface area contributed by atoms with Crippen LogP contribution in [-0.4, -0.2) is 45.9 Å². The number of amides is 2. The molecule has 1 aliphatic rings. The molecule has 0 fully saturated rings. The van der Waals surface area contributed by atoms with Crippen LogP contribution in [0.15, 0.2) is 60.9 Å². The zero-order valence-electron chi connectivity index (χ0n) is 18.7. The number of aromatic nitrogens is 2. The van der Waals surface area contributed by atoms with E-state index in [2.05, 4.69) is 20.8 Å². The highest BCUT2D eigenvalue weighted by Gasteiger charge is 2.30. The zero-order valence-corrected chi connectivity index (χ0v) is 18.7. The van der Waals surface area contributed by atoms with Crippen molar-refractivity contribution in [3.05, 3.63) is 77.6 Å². The summed E-state index contributed by atoms with van der Waals surface area (Å²) in [6.07, 6.45) is 2.11. The van der Waals surface area contributed by atoms with Crippen molar-refractivity contribution in [2.45, 2.75) is 37.8 Å². The lowest BCUT2D eigenvalue weighted by Crippen LogP contribution is -2.47. The number of hydrogen-bond donors (Lipinski definition) is 4. The molecule has 0 aliphatic heterocycles. The van der Waals surface area contributed by atoms with Gasteiger partial charge in [-0.3, -0.25) is 14.7 Å². The number of nitrogens with zero attached hydrogens (tertiary/aromatic N) is 1. The minimum Gasteiger partial charge on any atom is -0.481 e. The summed E-state index contributed by atoms with van der Waals surface area (Å²) in [7, 11) is 0. The Morgan fingerprint density at radius 3 is 2.29 bits per heavy atom. The largest absolute Gasteiger partial charge is 0.481 e. The molecule has 2 amide bonds. The van der Waals surface area contributed by atoms with Crippen molar-refractivity contribution in [2.75, 3.05) is 6.61 Å². The Morgan fingerprint density at radius 2 is 1.71 bits per heavy atom. The van der Waals surface area contributed by atoms with Gasteiger partial charge in [0.1, 0.15) is 12.6 Å². The number of aliphatic carboxylic acids is 1. The van der Waals surface area contributed by atoms with Crippen molar-refractivity contribution in [1.82, 2.24) is 20.8 Å². The number of aromatic amines is 1. The highest BCUT2D eigenvalue weighted by atomic mass is 16.5. The van der Waals surface area contributed by atoms with E-state index in [1.54, 1.807) is 19.3 Å². The van der Waals surface area contributed by atoms with Gasteiger partial charge in [-0.2, -0.15) is 5.10 Å². The van der Waals surface area contributed by atoms with Gasteiger partial charge in [-0.25, -0.2) is 4.79 Å². The number of hydrogen-bond acceptors (Lipinski definition) is 5. The van der Waals surface area contributed by atoms with Gasteiger partial charge in [0, 0.05) is 24.1 Å². The van der Waals surface area contributed by atoms with E-state index in [4.69, 9.17) is 9.84 Å². The number of ether oxygens (including phenoxy) is 1. The summed E-state index contributed by atoms with van der Waals surface area (Å²) < 4.78 is 5.51. The molecule has 2 atom stereocenters. The van der Waals surface area contributed by atoms with Gasteiger partial charge in [-0.15, -0.1) is 0 Å². The fraction of sp³-hybridized carbons (Fsp3) is 0.280. The predicted molar refractivity (Wildman–Crippen MR) is 124 cm³/mol. The van der Waals surface area contributed by atoms with Crippen molar-refractivity contribution in [3.8, 4) is 11.1 Å². The molecule has 0 bridgehead atoms. The Morgan fingerprint density at radius 1 is 1.06 bits per heavy atom. The number of benzene rings is 2. The highest BCUT2D eigenvalue weighted by Crippen LogP contribution is 2.44. The van der Waals surface area contributed by atoms with Crippen LogP contribution in [0.4, 0.5) is 4.79 Å². The van der Waals surface area contributed by atoms with Crippen LogP contribution < -0.4 is 10.6 Å². The molecular weight excluding hydrogens is 436 g/mol. The Balaban J connectivity index is 1.41. The number of carbonyl (C=O) groups is 3. The summed E-state index contributed by atoms with van der Waals surface area (Å²) in [5.74, 6) is -1.68. The summed E-state index contributed by atoms with van der Waals surface area (Å²) in [4.78, 5) is 36.5. The molecule has 0 saturated heterocycles. The van der Waals surface area contributed by atoms with Crippen LogP contribution in [0.1, 0.15) is 48.4 Å². The van der Waals surface area contributed by atoms with E-state index >= 15 is 0 Å². The van der Waals surface area contributed by atoms with Crippen LogP contribution in [0.2, 0.25) is 0 Å². The number of fused-ring (bicyclic) bond motifs is 3. The standard InChI is InChI=1S/C25H26N4O5/c1-15(16-12-26-27-13-16)28-24(32)22(10-11-23(30)31)29-25(33)34-14-21-19-8-4-2-6-17(19)18-7-3-5-9-20(18)21/h2-9,12-13,15,21-22H,10-11,14H2,1H3,(H,26,27)(H,28,32)(H,29,33)(H,30,31). The molecule has 9 nitrogen and oxygen atoms in total. The van der Waals surface area contributed by atoms with Crippen molar-refractivity contribution in [1.29, 1.82) is 0 Å². The topological polar surface area (TPSA) is 133 Å². The van der Waals surface area contributed by atoms with E-state index in [1.807, 2.05) is 48.5 Å². The second kappa shape index (κ2) is 10.2. The Kier molecular flexibility index (Phi) is 6.91. The minimum absolute atomic E-state index is 0.0660. The molecule has 2 unspecified atom stereocenters. The molecule has 0 saturated carbocycles. The fourth-order valence-corrected chi connectivity index (χ4v) is 4.21. The molecule has 1 aromatic heterocycles. The molecule has 176 valence electrons. The third-order valence-electron chi connectivity index (χ3n) is 5.98. The van der Waals surface area contributed by atoms with Gasteiger partial charge < -0.3 is 20.5 Å². The summed E-state index contributed by atoms with van der Waals surface area (Å²) >= 11 is 0. The molecule has 3 aromatic rings. The monoisotopic (exact) mass is 462 g/mol. The number of rotatable bonds is 9. The summed E-state index contributed by atoms with van der Waals surface area (Å²) in [5, 5.41) is 20.9. The zero-order chi connectivity index (χ0) is 24.1. The van der Waals surface area contributed by atoms with Crippen molar-refractivity contribution in [3.63, 3.8) is 0 Å². The maximum Gasteiger partial charge on any atom is 0.407 e. The first-order valence-electron chi connectivity index (χ1n) is 11.1. The lowest BCUT2D eigenvalue weighted by molar-refractivity contribution is -0.137.